The lowest BCUT2D eigenvalue weighted by Gasteiger charge is -2.12. The van der Waals surface area contributed by atoms with Gasteiger partial charge in [0.05, 0.1) is 6.10 Å². The van der Waals surface area contributed by atoms with Crippen LogP contribution in [-0.2, 0) is 4.74 Å². The van der Waals surface area contributed by atoms with E-state index in [1.54, 1.807) is 0 Å². The maximum Gasteiger partial charge on any atom is 0.159 e. The average Bonchev–Trinajstić information content (AvgIpc) is 2.57. The van der Waals surface area contributed by atoms with Crippen LogP contribution in [0.1, 0.15) is 25.0 Å². The monoisotopic (exact) mass is 210 g/mol. The van der Waals surface area contributed by atoms with Crippen LogP contribution >= 0.6 is 0 Å². The third-order valence-corrected chi connectivity index (χ3v) is 2.85. The van der Waals surface area contributed by atoms with Crippen LogP contribution in [-0.4, -0.2) is 23.5 Å². The lowest BCUT2D eigenvalue weighted by atomic mass is 10.0. The maximum atomic E-state index is 13.7. The molecular weight excluding hydrogens is 195 g/mol. The Kier molecular flexibility index (Phi) is 3.03. The highest BCUT2D eigenvalue weighted by atomic mass is 19.1. The topological polar surface area (TPSA) is 29.5 Å². The Bertz CT molecular complexity index is 315. The third kappa shape index (κ3) is 1.90. The molecule has 1 aromatic rings. The van der Waals surface area contributed by atoms with Crippen molar-refractivity contribution < 1.29 is 14.2 Å². The van der Waals surface area contributed by atoms with Crippen LogP contribution in [0.15, 0.2) is 30.3 Å². The van der Waals surface area contributed by atoms with Gasteiger partial charge in [-0.1, -0.05) is 37.3 Å². The summed E-state index contributed by atoms with van der Waals surface area (Å²) in [5.74, 6) is 0. The molecule has 0 amide bonds. The van der Waals surface area contributed by atoms with Gasteiger partial charge in [0.25, 0.3) is 0 Å². The van der Waals surface area contributed by atoms with Crippen molar-refractivity contribution in [2.75, 3.05) is 0 Å². The number of aliphatic hydroxyl groups is 1. The van der Waals surface area contributed by atoms with Crippen molar-refractivity contribution in [1.82, 2.24) is 0 Å². The molecule has 1 aliphatic heterocycles. The second-order valence-corrected chi connectivity index (χ2v) is 3.85. The number of halogens is 1. The molecule has 1 aromatic carbocycles. The molecule has 4 atom stereocenters. The first-order valence-electron chi connectivity index (χ1n) is 5.26. The van der Waals surface area contributed by atoms with E-state index in [2.05, 4.69) is 0 Å². The normalized spacial score (nSPS) is 35.7. The molecule has 0 aromatic heterocycles. The van der Waals surface area contributed by atoms with E-state index in [0.29, 0.717) is 6.42 Å². The fraction of sp³-hybridized carbons (Fsp3) is 0.500. The van der Waals surface area contributed by atoms with Gasteiger partial charge < -0.3 is 9.84 Å². The number of hydrogen-bond donors (Lipinski definition) is 1. The van der Waals surface area contributed by atoms with E-state index in [-0.39, 0.29) is 6.10 Å². The highest BCUT2D eigenvalue weighted by Crippen LogP contribution is 2.36. The van der Waals surface area contributed by atoms with Crippen molar-refractivity contribution in [3.05, 3.63) is 35.9 Å². The Balaban J connectivity index is 2.19. The summed E-state index contributed by atoms with van der Waals surface area (Å²) in [6.45, 7) is 1.88. The summed E-state index contributed by atoms with van der Waals surface area (Å²) < 4.78 is 19.2. The highest BCUT2D eigenvalue weighted by molar-refractivity contribution is 5.20. The summed E-state index contributed by atoms with van der Waals surface area (Å²) in [5.41, 5.74) is 0.792. The molecule has 0 saturated carbocycles. The largest absolute Gasteiger partial charge is 0.387 e. The summed E-state index contributed by atoms with van der Waals surface area (Å²) in [6.07, 6.45) is -2.70. The van der Waals surface area contributed by atoms with Gasteiger partial charge in [0, 0.05) is 0 Å². The number of ether oxygens (including phenoxy) is 1. The van der Waals surface area contributed by atoms with Crippen LogP contribution in [0.2, 0.25) is 0 Å². The van der Waals surface area contributed by atoms with Crippen LogP contribution in [0, 0.1) is 0 Å². The molecule has 1 N–H and O–H groups in total. The molecule has 82 valence electrons. The number of hydrogen-bond acceptors (Lipinski definition) is 2. The van der Waals surface area contributed by atoms with Gasteiger partial charge >= 0.3 is 0 Å². The Hall–Kier alpha value is -0.930. The van der Waals surface area contributed by atoms with Gasteiger partial charge in [0.2, 0.25) is 0 Å². The Morgan fingerprint density at radius 1 is 1.33 bits per heavy atom. The molecule has 2 nitrogen and oxygen atoms in total. The molecule has 1 saturated heterocycles. The van der Waals surface area contributed by atoms with Gasteiger partial charge in [-0.05, 0) is 12.0 Å². The van der Waals surface area contributed by atoms with Crippen molar-refractivity contribution in [2.24, 2.45) is 0 Å². The Morgan fingerprint density at radius 3 is 2.53 bits per heavy atom. The molecule has 0 bridgehead atoms. The predicted octanol–water partition coefficient (Wildman–Crippen LogP) is 2.24. The third-order valence-electron chi connectivity index (χ3n) is 2.85. The second kappa shape index (κ2) is 4.29. The Morgan fingerprint density at radius 2 is 2.00 bits per heavy atom. The van der Waals surface area contributed by atoms with Crippen molar-refractivity contribution in [2.45, 2.75) is 37.8 Å². The summed E-state index contributed by atoms with van der Waals surface area (Å²) in [5, 5.41) is 9.59. The van der Waals surface area contributed by atoms with Crippen LogP contribution < -0.4 is 0 Å². The molecule has 15 heavy (non-hydrogen) atoms. The predicted molar refractivity (Wildman–Crippen MR) is 55.2 cm³/mol. The molecule has 3 heteroatoms. The molecule has 1 aliphatic rings. The van der Waals surface area contributed by atoms with E-state index in [4.69, 9.17) is 4.74 Å². The molecule has 0 radical (unpaired) electrons. The van der Waals surface area contributed by atoms with E-state index in [9.17, 15) is 9.50 Å². The Labute approximate surface area is 88.7 Å². The molecular formula is C12H15FO2. The van der Waals surface area contributed by atoms with Gasteiger partial charge in [-0.15, -0.1) is 0 Å². The minimum atomic E-state index is -1.32. The molecule has 0 unspecified atom stereocenters. The molecule has 0 spiro atoms. The molecule has 1 heterocycles. The van der Waals surface area contributed by atoms with E-state index < -0.39 is 18.4 Å². The molecule has 1 fully saturated rings. The SMILES string of the molecule is CC[C@H]1O[C@@H](c2ccccc2)[C@H](F)[C@@H]1O. The van der Waals surface area contributed by atoms with Gasteiger partial charge in [-0.2, -0.15) is 0 Å². The summed E-state index contributed by atoms with van der Waals surface area (Å²) in [4.78, 5) is 0. The lowest BCUT2D eigenvalue weighted by molar-refractivity contribution is 0.00742. The standard InChI is InChI=1S/C12H15FO2/c1-2-9-11(14)10(13)12(15-9)8-6-4-3-5-7-8/h3-7,9-12,14H,2H2,1H3/t9-,10-,11-,12+/m1/s1. The van der Waals surface area contributed by atoms with E-state index >= 15 is 0 Å². The zero-order chi connectivity index (χ0) is 10.8. The summed E-state index contributed by atoms with van der Waals surface area (Å²) >= 11 is 0. The number of benzene rings is 1. The van der Waals surface area contributed by atoms with E-state index in [1.807, 2.05) is 37.3 Å². The van der Waals surface area contributed by atoms with Crippen LogP contribution in [0.3, 0.4) is 0 Å². The van der Waals surface area contributed by atoms with E-state index in [0.717, 1.165) is 5.56 Å². The van der Waals surface area contributed by atoms with E-state index in [1.165, 1.54) is 0 Å². The first-order valence-corrected chi connectivity index (χ1v) is 5.26. The lowest BCUT2D eigenvalue weighted by Crippen LogP contribution is -2.26. The zero-order valence-corrected chi connectivity index (χ0v) is 8.64. The number of aliphatic hydroxyl groups excluding tert-OH is 1. The maximum absolute atomic E-state index is 13.7. The fourth-order valence-electron chi connectivity index (χ4n) is 1.97. The second-order valence-electron chi connectivity index (χ2n) is 3.85. The van der Waals surface area contributed by atoms with Crippen LogP contribution in [0.4, 0.5) is 4.39 Å². The zero-order valence-electron chi connectivity index (χ0n) is 8.64. The first kappa shape index (κ1) is 10.6. The van der Waals surface area contributed by atoms with Crippen molar-refractivity contribution in [1.29, 1.82) is 0 Å². The minimum absolute atomic E-state index is 0.384. The smallest absolute Gasteiger partial charge is 0.159 e. The molecule has 2 rings (SSSR count). The average molecular weight is 210 g/mol. The van der Waals surface area contributed by atoms with Crippen molar-refractivity contribution in [3.63, 3.8) is 0 Å². The first-order chi connectivity index (χ1) is 7.24. The summed E-state index contributed by atoms with van der Waals surface area (Å²) in [6, 6.07) is 9.21. The van der Waals surface area contributed by atoms with Crippen molar-refractivity contribution in [3.8, 4) is 0 Å². The number of rotatable bonds is 2. The van der Waals surface area contributed by atoms with Crippen LogP contribution in [0.25, 0.3) is 0 Å². The highest BCUT2D eigenvalue weighted by Gasteiger charge is 2.43. The molecule has 0 aliphatic carbocycles. The summed E-state index contributed by atoms with van der Waals surface area (Å²) in [7, 11) is 0. The van der Waals surface area contributed by atoms with Gasteiger partial charge in [-0.25, -0.2) is 4.39 Å². The van der Waals surface area contributed by atoms with Gasteiger partial charge in [0.15, 0.2) is 6.17 Å². The van der Waals surface area contributed by atoms with Crippen LogP contribution in [0.5, 0.6) is 0 Å². The fourth-order valence-corrected chi connectivity index (χ4v) is 1.97. The van der Waals surface area contributed by atoms with Gasteiger partial charge in [-0.3, -0.25) is 0 Å². The number of alkyl halides is 1. The van der Waals surface area contributed by atoms with Crippen molar-refractivity contribution >= 4 is 0 Å². The van der Waals surface area contributed by atoms with Gasteiger partial charge in [0.1, 0.15) is 12.2 Å². The quantitative estimate of drug-likeness (QED) is 0.811. The minimum Gasteiger partial charge on any atom is -0.387 e.